The van der Waals surface area contributed by atoms with Crippen molar-refractivity contribution in [1.82, 2.24) is 0 Å². The third-order valence-electron chi connectivity index (χ3n) is 3.79. The van der Waals surface area contributed by atoms with Crippen molar-refractivity contribution in [3.63, 3.8) is 0 Å². The smallest absolute Gasteiger partial charge is 0.441 e. The van der Waals surface area contributed by atoms with Gasteiger partial charge < -0.3 is 5.11 Å². The second-order valence-electron chi connectivity index (χ2n) is 4.94. The Balaban J connectivity index is 2.25. The van der Waals surface area contributed by atoms with Crippen molar-refractivity contribution in [3.8, 4) is 0 Å². The van der Waals surface area contributed by atoms with Crippen LogP contribution in [0.3, 0.4) is 0 Å². The lowest BCUT2D eigenvalue weighted by molar-refractivity contribution is -0.144. The third kappa shape index (κ3) is 3.11. The van der Waals surface area contributed by atoms with E-state index in [4.69, 9.17) is 0 Å². The second-order valence-corrected chi connectivity index (χ2v) is 6.10. The van der Waals surface area contributed by atoms with Gasteiger partial charge in [0.15, 0.2) is 0 Å². The average Bonchev–Trinajstić information content (AvgIpc) is 2.37. The van der Waals surface area contributed by atoms with Gasteiger partial charge in [-0.2, -0.15) is 13.2 Å². The number of aliphatic carboxylic acids is 1. The number of hydrogen-bond acceptors (Lipinski definition) is 2. The highest BCUT2D eigenvalue weighted by molar-refractivity contribution is 8.00. The van der Waals surface area contributed by atoms with Crippen molar-refractivity contribution in [2.75, 3.05) is 5.75 Å². The molecule has 1 aromatic carbocycles. The van der Waals surface area contributed by atoms with E-state index in [1.54, 1.807) is 12.1 Å². The number of halogens is 3. The van der Waals surface area contributed by atoms with Gasteiger partial charge in [-0.3, -0.25) is 4.79 Å². The van der Waals surface area contributed by atoms with Crippen molar-refractivity contribution < 1.29 is 23.1 Å². The molecule has 0 aromatic heterocycles. The molecule has 0 aliphatic heterocycles. The Morgan fingerprint density at radius 2 is 2.05 bits per heavy atom. The molecule has 20 heavy (non-hydrogen) atoms. The topological polar surface area (TPSA) is 37.3 Å². The van der Waals surface area contributed by atoms with E-state index in [1.807, 2.05) is 12.1 Å². The van der Waals surface area contributed by atoms with Crippen molar-refractivity contribution in [2.24, 2.45) is 0 Å². The fraction of sp³-hybridized carbons (Fsp3) is 0.500. The van der Waals surface area contributed by atoms with Crippen LogP contribution >= 0.6 is 11.8 Å². The monoisotopic (exact) mass is 304 g/mol. The van der Waals surface area contributed by atoms with E-state index < -0.39 is 16.9 Å². The standard InChI is InChI=1S/C14H15F3O2S/c15-14(16,17)20-9-8-13(12(18)19)7-3-5-10-4-1-2-6-11(10)13/h1-2,4,6H,3,5,7-9H2,(H,18,19). The maximum Gasteiger partial charge on any atom is 0.441 e. The molecule has 0 amide bonds. The summed E-state index contributed by atoms with van der Waals surface area (Å²) in [5.74, 6) is -1.25. The molecule has 2 rings (SSSR count). The molecule has 0 radical (unpaired) electrons. The summed E-state index contributed by atoms with van der Waals surface area (Å²) in [6.07, 6.45) is 1.89. The van der Waals surface area contributed by atoms with Gasteiger partial charge in [-0.25, -0.2) is 0 Å². The van der Waals surface area contributed by atoms with Crippen LogP contribution in [0.4, 0.5) is 13.2 Å². The molecular formula is C14H15F3O2S. The fourth-order valence-corrected chi connectivity index (χ4v) is 3.53. The third-order valence-corrected chi connectivity index (χ3v) is 4.52. The predicted molar refractivity (Wildman–Crippen MR) is 71.8 cm³/mol. The first-order valence-corrected chi connectivity index (χ1v) is 7.36. The highest BCUT2D eigenvalue weighted by Gasteiger charge is 2.43. The van der Waals surface area contributed by atoms with Crippen molar-refractivity contribution in [3.05, 3.63) is 35.4 Å². The predicted octanol–water partition coefficient (Wildman–Crippen LogP) is 3.99. The van der Waals surface area contributed by atoms with Crippen LogP contribution in [-0.4, -0.2) is 22.3 Å². The zero-order valence-corrected chi connectivity index (χ0v) is 11.6. The van der Waals surface area contributed by atoms with Crippen molar-refractivity contribution in [1.29, 1.82) is 0 Å². The molecule has 1 atom stereocenters. The van der Waals surface area contributed by atoms with Crippen LogP contribution < -0.4 is 0 Å². The Kier molecular flexibility index (Phi) is 4.32. The van der Waals surface area contributed by atoms with Gasteiger partial charge in [0.2, 0.25) is 0 Å². The molecule has 0 saturated heterocycles. The normalized spacial score (nSPS) is 22.4. The molecule has 0 fully saturated rings. The number of alkyl halides is 3. The van der Waals surface area contributed by atoms with E-state index >= 15 is 0 Å². The fourth-order valence-electron chi connectivity index (χ4n) is 2.85. The van der Waals surface area contributed by atoms with Crippen LogP contribution in [0.5, 0.6) is 0 Å². The zero-order valence-electron chi connectivity index (χ0n) is 10.7. The van der Waals surface area contributed by atoms with Gasteiger partial charge in [-0.05, 0) is 36.8 Å². The quantitative estimate of drug-likeness (QED) is 0.914. The molecule has 110 valence electrons. The van der Waals surface area contributed by atoms with Gasteiger partial charge in [-0.15, -0.1) is 0 Å². The van der Waals surface area contributed by atoms with Gasteiger partial charge in [0.05, 0.1) is 5.41 Å². The Bertz CT molecular complexity index is 501. The van der Waals surface area contributed by atoms with Crippen molar-refractivity contribution in [2.45, 2.75) is 36.6 Å². The number of carboxylic acid groups (broad SMARTS) is 1. The summed E-state index contributed by atoms with van der Waals surface area (Å²) >= 11 is -0.145. The van der Waals surface area contributed by atoms with Crippen molar-refractivity contribution >= 4 is 17.7 Å². The Hall–Kier alpha value is -1.17. The van der Waals surface area contributed by atoms with Crippen LogP contribution in [0.15, 0.2) is 24.3 Å². The number of benzene rings is 1. The number of hydrogen-bond donors (Lipinski definition) is 1. The molecule has 0 bridgehead atoms. The van der Waals surface area contributed by atoms with Crippen LogP contribution in [0.1, 0.15) is 30.4 Å². The number of aryl methyl sites for hydroxylation is 1. The molecule has 1 aliphatic rings. The van der Waals surface area contributed by atoms with Gasteiger partial charge in [0, 0.05) is 5.75 Å². The highest BCUT2D eigenvalue weighted by atomic mass is 32.2. The molecule has 0 saturated carbocycles. The van der Waals surface area contributed by atoms with Gasteiger partial charge >= 0.3 is 11.5 Å². The van der Waals surface area contributed by atoms with E-state index in [-0.39, 0.29) is 23.9 Å². The van der Waals surface area contributed by atoms with Gasteiger partial charge in [0.25, 0.3) is 0 Å². The summed E-state index contributed by atoms with van der Waals surface area (Å²) < 4.78 is 36.7. The van der Waals surface area contributed by atoms with E-state index in [1.165, 1.54) is 0 Å². The first-order chi connectivity index (χ1) is 9.35. The number of rotatable bonds is 4. The molecule has 1 aliphatic carbocycles. The maximum atomic E-state index is 12.2. The summed E-state index contributed by atoms with van der Waals surface area (Å²) in [6, 6.07) is 7.18. The minimum Gasteiger partial charge on any atom is -0.481 e. The number of thioether (sulfide) groups is 1. The summed E-state index contributed by atoms with van der Waals surface area (Å²) in [5, 5.41) is 9.57. The molecule has 1 unspecified atom stereocenters. The van der Waals surface area contributed by atoms with Gasteiger partial charge in [0.1, 0.15) is 0 Å². The molecular weight excluding hydrogens is 289 g/mol. The number of fused-ring (bicyclic) bond motifs is 1. The summed E-state index contributed by atoms with van der Waals surface area (Å²) in [7, 11) is 0. The lowest BCUT2D eigenvalue weighted by atomic mass is 9.68. The second kappa shape index (κ2) is 5.68. The average molecular weight is 304 g/mol. The number of carbonyl (C=O) groups is 1. The maximum absolute atomic E-state index is 12.2. The largest absolute Gasteiger partial charge is 0.481 e. The van der Waals surface area contributed by atoms with E-state index in [9.17, 15) is 23.1 Å². The van der Waals surface area contributed by atoms with E-state index in [0.29, 0.717) is 18.4 Å². The molecule has 0 spiro atoms. The summed E-state index contributed by atoms with van der Waals surface area (Å²) in [4.78, 5) is 11.7. The molecule has 6 heteroatoms. The molecule has 1 N–H and O–H groups in total. The van der Waals surface area contributed by atoms with Crippen LogP contribution in [0, 0.1) is 0 Å². The first kappa shape index (κ1) is 15.2. The molecule has 2 nitrogen and oxygen atoms in total. The minimum atomic E-state index is -4.31. The van der Waals surface area contributed by atoms with E-state index in [0.717, 1.165) is 12.0 Å². The molecule has 0 heterocycles. The van der Waals surface area contributed by atoms with Crippen LogP contribution in [0.25, 0.3) is 0 Å². The lowest BCUT2D eigenvalue weighted by Crippen LogP contribution is -2.40. The highest BCUT2D eigenvalue weighted by Crippen LogP contribution is 2.42. The summed E-state index contributed by atoms with van der Waals surface area (Å²) in [5.41, 5.74) is -3.86. The Labute approximate surface area is 119 Å². The minimum absolute atomic E-state index is 0.00350. The van der Waals surface area contributed by atoms with Crippen LogP contribution in [0.2, 0.25) is 0 Å². The first-order valence-electron chi connectivity index (χ1n) is 6.38. The van der Waals surface area contributed by atoms with Crippen LogP contribution in [-0.2, 0) is 16.6 Å². The SMILES string of the molecule is O=C(O)C1(CCSC(F)(F)F)CCCc2ccccc21. The molecule has 1 aromatic rings. The lowest BCUT2D eigenvalue weighted by Gasteiger charge is -2.35. The summed E-state index contributed by atoms with van der Waals surface area (Å²) in [6.45, 7) is 0. The Morgan fingerprint density at radius 1 is 1.35 bits per heavy atom. The zero-order chi connectivity index (χ0) is 14.8. The number of carboxylic acids is 1. The van der Waals surface area contributed by atoms with E-state index in [2.05, 4.69) is 0 Å². The van der Waals surface area contributed by atoms with Gasteiger partial charge in [-0.1, -0.05) is 36.0 Å². The Morgan fingerprint density at radius 3 is 2.70 bits per heavy atom.